The summed E-state index contributed by atoms with van der Waals surface area (Å²) in [4.78, 5) is 25.9. The van der Waals surface area contributed by atoms with Crippen molar-refractivity contribution >= 4 is 11.9 Å². The third-order valence-corrected chi connectivity index (χ3v) is 2.08. The van der Waals surface area contributed by atoms with Gasteiger partial charge in [0, 0.05) is 6.20 Å². The van der Waals surface area contributed by atoms with Crippen LogP contribution in [-0.4, -0.2) is 29.5 Å². The van der Waals surface area contributed by atoms with E-state index in [9.17, 15) is 18.4 Å². The van der Waals surface area contributed by atoms with Gasteiger partial charge in [0.15, 0.2) is 5.82 Å². The van der Waals surface area contributed by atoms with Crippen molar-refractivity contribution in [1.29, 1.82) is 0 Å². The lowest BCUT2D eigenvalue weighted by Crippen LogP contribution is -2.40. The van der Waals surface area contributed by atoms with Crippen LogP contribution in [0.15, 0.2) is 12.3 Å². The summed E-state index contributed by atoms with van der Waals surface area (Å²) in [7, 11) is 0. The minimum Gasteiger partial charge on any atom is -0.464 e. The maximum absolute atomic E-state index is 13.2. The molecule has 0 aromatic carbocycles. The minimum atomic E-state index is -1.37. The largest absolute Gasteiger partial charge is 0.464 e. The smallest absolute Gasteiger partial charge is 0.328 e. The van der Waals surface area contributed by atoms with Crippen LogP contribution in [-0.2, 0) is 9.53 Å². The van der Waals surface area contributed by atoms with Crippen LogP contribution in [0.3, 0.4) is 0 Å². The summed E-state index contributed by atoms with van der Waals surface area (Å²) in [6, 6.07) is 0.0686. The SMILES string of the molecule is CCOC(=O)C(C)NC(=O)c1ccnc(F)c1F. The highest BCUT2D eigenvalue weighted by atomic mass is 19.2. The highest BCUT2D eigenvalue weighted by Gasteiger charge is 2.21. The molecule has 0 saturated carbocycles. The summed E-state index contributed by atoms with van der Waals surface area (Å²) in [5.41, 5.74) is -0.515. The van der Waals surface area contributed by atoms with Gasteiger partial charge >= 0.3 is 5.97 Å². The van der Waals surface area contributed by atoms with Gasteiger partial charge in [0.1, 0.15) is 6.04 Å². The van der Waals surface area contributed by atoms with Crippen molar-refractivity contribution in [3.63, 3.8) is 0 Å². The molecule has 1 atom stereocenters. The molecule has 98 valence electrons. The maximum Gasteiger partial charge on any atom is 0.328 e. The van der Waals surface area contributed by atoms with Crippen LogP contribution in [0.1, 0.15) is 24.2 Å². The second-order valence-electron chi connectivity index (χ2n) is 3.41. The van der Waals surface area contributed by atoms with Gasteiger partial charge in [-0.15, -0.1) is 0 Å². The first-order chi connectivity index (χ1) is 8.47. The summed E-state index contributed by atoms with van der Waals surface area (Å²) >= 11 is 0. The summed E-state index contributed by atoms with van der Waals surface area (Å²) < 4.78 is 30.7. The molecule has 0 saturated heterocycles. The molecule has 1 heterocycles. The van der Waals surface area contributed by atoms with Gasteiger partial charge in [-0.3, -0.25) is 4.79 Å². The molecule has 18 heavy (non-hydrogen) atoms. The van der Waals surface area contributed by atoms with Crippen LogP contribution in [0.4, 0.5) is 8.78 Å². The highest BCUT2D eigenvalue weighted by molar-refractivity contribution is 5.96. The molecule has 1 unspecified atom stereocenters. The summed E-state index contributed by atoms with van der Waals surface area (Å²) in [5.74, 6) is -4.28. The molecular weight excluding hydrogens is 246 g/mol. The van der Waals surface area contributed by atoms with Crippen molar-refractivity contribution in [2.45, 2.75) is 19.9 Å². The summed E-state index contributed by atoms with van der Waals surface area (Å²) in [6.07, 6.45) is 0.961. The van der Waals surface area contributed by atoms with Gasteiger partial charge in [0.25, 0.3) is 5.91 Å². The van der Waals surface area contributed by atoms with Gasteiger partial charge in [-0.25, -0.2) is 14.2 Å². The first kappa shape index (κ1) is 14.0. The molecule has 1 aromatic rings. The Morgan fingerprint density at radius 3 is 2.78 bits per heavy atom. The Balaban J connectivity index is 2.77. The van der Waals surface area contributed by atoms with E-state index in [1.807, 2.05) is 0 Å². The number of nitrogens with one attached hydrogen (secondary N) is 1. The molecule has 5 nitrogen and oxygen atoms in total. The van der Waals surface area contributed by atoms with E-state index in [1.165, 1.54) is 6.92 Å². The molecule has 1 N–H and O–H groups in total. The van der Waals surface area contributed by atoms with Crippen molar-refractivity contribution in [2.75, 3.05) is 6.61 Å². The van der Waals surface area contributed by atoms with Gasteiger partial charge in [-0.05, 0) is 19.9 Å². The topological polar surface area (TPSA) is 68.3 Å². The zero-order chi connectivity index (χ0) is 13.7. The van der Waals surface area contributed by atoms with Gasteiger partial charge in [-0.1, -0.05) is 0 Å². The van der Waals surface area contributed by atoms with E-state index < -0.39 is 35.2 Å². The third-order valence-electron chi connectivity index (χ3n) is 2.08. The Kier molecular flexibility index (Phi) is 4.70. The molecule has 0 radical (unpaired) electrons. The number of carbonyl (C=O) groups is 2. The van der Waals surface area contributed by atoms with Crippen molar-refractivity contribution in [1.82, 2.24) is 10.3 Å². The standard InChI is InChI=1S/C11H12F2N2O3/c1-3-18-11(17)6(2)15-10(16)7-4-5-14-9(13)8(7)12/h4-6H,3H2,1-2H3,(H,15,16). The summed E-state index contributed by atoms with van der Waals surface area (Å²) in [6.45, 7) is 3.16. The summed E-state index contributed by atoms with van der Waals surface area (Å²) in [5, 5.41) is 2.20. The molecule has 0 bridgehead atoms. The minimum absolute atomic E-state index is 0.164. The number of rotatable bonds is 4. The van der Waals surface area contributed by atoms with Crippen molar-refractivity contribution in [3.8, 4) is 0 Å². The number of hydrogen-bond donors (Lipinski definition) is 1. The predicted molar refractivity (Wildman–Crippen MR) is 57.7 cm³/mol. The fourth-order valence-electron chi connectivity index (χ4n) is 1.19. The van der Waals surface area contributed by atoms with E-state index >= 15 is 0 Å². The zero-order valence-corrected chi connectivity index (χ0v) is 9.87. The lowest BCUT2D eigenvalue weighted by Gasteiger charge is -2.12. The monoisotopic (exact) mass is 258 g/mol. The average Bonchev–Trinajstić information content (AvgIpc) is 2.32. The van der Waals surface area contributed by atoms with Crippen LogP contribution in [0.2, 0.25) is 0 Å². The zero-order valence-electron chi connectivity index (χ0n) is 9.87. The fourth-order valence-corrected chi connectivity index (χ4v) is 1.19. The van der Waals surface area contributed by atoms with Crippen LogP contribution in [0, 0.1) is 11.8 Å². The van der Waals surface area contributed by atoms with E-state index in [-0.39, 0.29) is 6.61 Å². The molecule has 0 fully saturated rings. The van der Waals surface area contributed by atoms with Gasteiger partial charge in [0.05, 0.1) is 12.2 Å². The molecule has 1 aromatic heterocycles. The normalized spacial score (nSPS) is 11.8. The van der Waals surface area contributed by atoms with E-state index in [0.29, 0.717) is 0 Å². The molecule has 1 amide bonds. The average molecular weight is 258 g/mol. The number of pyridine rings is 1. The molecule has 1 rings (SSSR count). The number of halogens is 2. The van der Waals surface area contributed by atoms with E-state index in [1.54, 1.807) is 6.92 Å². The lowest BCUT2D eigenvalue weighted by atomic mass is 10.2. The fraction of sp³-hybridized carbons (Fsp3) is 0.364. The number of hydrogen-bond acceptors (Lipinski definition) is 4. The second kappa shape index (κ2) is 6.04. The van der Waals surface area contributed by atoms with Crippen molar-refractivity contribution < 1.29 is 23.1 Å². The second-order valence-corrected chi connectivity index (χ2v) is 3.41. The Morgan fingerprint density at radius 1 is 1.50 bits per heavy atom. The molecule has 0 spiro atoms. The number of esters is 1. The molecule has 0 aliphatic rings. The number of amides is 1. The Morgan fingerprint density at radius 2 is 2.17 bits per heavy atom. The van der Waals surface area contributed by atoms with Crippen molar-refractivity contribution in [3.05, 3.63) is 29.6 Å². The molecule has 0 aliphatic carbocycles. The highest BCUT2D eigenvalue weighted by Crippen LogP contribution is 2.09. The number of aromatic nitrogens is 1. The Bertz CT molecular complexity index is 466. The van der Waals surface area contributed by atoms with Gasteiger partial charge in [-0.2, -0.15) is 4.39 Å². The number of ether oxygens (including phenoxy) is 1. The molecular formula is C11H12F2N2O3. The Labute approximate surface area is 102 Å². The quantitative estimate of drug-likeness (QED) is 0.647. The van der Waals surface area contributed by atoms with Gasteiger partial charge < -0.3 is 10.1 Å². The lowest BCUT2D eigenvalue weighted by molar-refractivity contribution is -0.144. The molecule has 7 heteroatoms. The third kappa shape index (κ3) is 3.22. The Hall–Kier alpha value is -2.05. The predicted octanol–water partition coefficient (Wildman–Crippen LogP) is 1.04. The van der Waals surface area contributed by atoms with Crippen LogP contribution in [0.25, 0.3) is 0 Å². The van der Waals surface area contributed by atoms with E-state index in [4.69, 9.17) is 0 Å². The van der Waals surface area contributed by atoms with E-state index in [2.05, 4.69) is 15.0 Å². The first-order valence-corrected chi connectivity index (χ1v) is 5.24. The molecule has 0 aliphatic heterocycles. The number of carbonyl (C=O) groups excluding carboxylic acids is 2. The van der Waals surface area contributed by atoms with E-state index in [0.717, 1.165) is 12.3 Å². The maximum atomic E-state index is 13.2. The van der Waals surface area contributed by atoms with Crippen LogP contribution >= 0.6 is 0 Å². The van der Waals surface area contributed by atoms with Crippen LogP contribution in [0.5, 0.6) is 0 Å². The number of nitrogens with zero attached hydrogens (tertiary/aromatic N) is 1. The van der Waals surface area contributed by atoms with Crippen LogP contribution < -0.4 is 5.32 Å². The first-order valence-electron chi connectivity index (χ1n) is 5.24. The van der Waals surface area contributed by atoms with Gasteiger partial charge in [0.2, 0.25) is 5.95 Å². The van der Waals surface area contributed by atoms with Crippen molar-refractivity contribution in [2.24, 2.45) is 0 Å².